The summed E-state index contributed by atoms with van der Waals surface area (Å²) in [6.07, 6.45) is 2.17. The molecule has 100 valence electrons. The standard InChI is InChI=1S/C14H28N2O/c1-6-16(7-2)13(17)12-10-11(8-9-15-12)14(3,4)5/h11-12,15H,6-10H2,1-5H3. The first-order chi connectivity index (χ1) is 7.90. The molecule has 0 saturated carbocycles. The topological polar surface area (TPSA) is 32.3 Å². The zero-order chi connectivity index (χ0) is 13.1. The Kier molecular flexibility index (Phi) is 4.99. The summed E-state index contributed by atoms with van der Waals surface area (Å²) in [4.78, 5) is 14.2. The summed E-state index contributed by atoms with van der Waals surface area (Å²) < 4.78 is 0. The van der Waals surface area contributed by atoms with E-state index in [-0.39, 0.29) is 11.9 Å². The highest BCUT2D eigenvalue weighted by atomic mass is 16.2. The molecular formula is C14H28N2O. The second-order valence-electron chi connectivity index (χ2n) is 6.10. The highest BCUT2D eigenvalue weighted by Gasteiger charge is 2.34. The summed E-state index contributed by atoms with van der Waals surface area (Å²) in [5.41, 5.74) is 0.309. The van der Waals surface area contributed by atoms with Gasteiger partial charge in [-0.15, -0.1) is 0 Å². The largest absolute Gasteiger partial charge is 0.342 e. The van der Waals surface area contributed by atoms with Gasteiger partial charge in [0.1, 0.15) is 0 Å². The maximum atomic E-state index is 12.3. The third-order valence-corrected chi connectivity index (χ3v) is 4.00. The molecule has 1 aliphatic heterocycles. The highest BCUT2D eigenvalue weighted by molar-refractivity contribution is 5.82. The van der Waals surface area contributed by atoms with E-state index in [9.17, 15) is 4.79 Å². The van der Waals surface area contributed by atoms with E-state index in [4.69, 9.17) is 0 Å². The number of nitrogens with zero attached hydrogens (tertiary/aromatic N) is 1. The summed E-state index contributed by atoms with van der Waals surface area (Å²) in [5.74, 6) is 0.928. The van der Waals surface area contributed by atoms with Crippen molar-refractivity contribution in [2.24, 2.45) is 11.3 Å². The molecule has 1 N–H and O–H groups in total. The molecule has 2 atom stereocenters. The molecule has 0 aromatic rings. The van der Waals surface area contributed by atoms with Crippen molar-refractivity contribution < 1.29 is 4.79 Å². The van der Waals surface area contributed by atoms with Gasteiger partial charge in [0.25, 0.3) is 0 Å². The smallest absolute Gasteiger partial charge is 0.239 e. The van der Waals surface area contributed by atoms with Crippen LogP contribution in [0.2, 0.25) is 0 Å². The molecule has 0 aromatic heterocycles. The number of amides is 1. The fourth-order valence-electron chi connectivity index (χ4n) is 2.65. The first-order valence-corrected chi connectivity index (χ1v) is 6.92. The number of carbonyl (C=O) groups is 1. The van der Waals surface area contributed by atoms with Crippen LogP contribution in [0.3, 0.4) is 0 Å². The van der Waals surface area contributed by atoms with Crippen LogP contribution in [0.1, 0.15) is 47.5 Å². The number of likely N-dealkylation sites (N-methyl/N-ethyl adjacent to an activating group) is 1. The second kappa shape index (κ2) is 5.85. The summed E-state index contributed by atoms with van der Waals surface area (Å²) in [7, 11) is 0. The van der Waals surface area contributed by atoms with Crippen LogP contribution in [0.4, 0.5) is 0 Å². The van der Waals surface area contributed by atoms with E-state index in [0.717, 1.165) is 26.1 Å². The zero-order valence-electron chi connectivity index (χ0n) is 12.0. The minimum absolute atomic E-state index is 0.0351. The van der Waals surface area contributed by atoms with Crippen LogP contribution in [-0.4, -0.2) is 36.5 Å². The van der Waals surface area contributed by atoms with Crippen LogP contribution >= 0.6 is 0 Å². The van der Waals surface area contributed by atoms with Crippen LogP contribution < -0.4 is 5.32 Å². The van der Waals surface area contributed by atoms with Crippen molar-refractivity contribution in [2.45, 2.75) is 53.5 Å². The maximum absolute atomic E-state index is 12.3. The summed E-state index contributed by atoms with van der Waals surface area (Å²) >= 11 is 0. The Morgan fingerprint density at radius 1 is 1.29 bits per heavy atom. The minimum Gasteiger partial charge on any atom is -0.342 e. The van der Waals surface area contributed by atoms with Crippen LogP contribution in [-0.2, 0) is 4.79 Å². The molecule has 1 aliphatic rings. The minimum atomic E-state index is 0.0351. The van der Waals surface area contributed by atoms with Gasteiger partial charge in [0.05, 0.1) is 6.04 Å². The van der Waals surface area contributed by atoms with E-state index in [1.807, 2.05) is 18.7 Å². The van der Waals surface area contributed by atoms with Gasteiger partial charge in [-0.25, -0.2) is 0 Å². The fraction of sp³-hybridized carbons (Fsp3) is 0.929. The molecule has 0 spiro atoms. The van der Waals surface area contributed by atoms with Gasteiger partial charge >= 0.3 is 0 Å². The van der Waals surface area contributed by atoms with Crippen molar-refractivity contribution >= 4 is 5.91 Å². The molecular weight excluding hydrogens is 212 g/mol. The molecule has 1 rings (SSSR count). The first kappa shape index (κ1) is 14.5. The molecule has 3 nitrogen and oxygen atoms in total. The molecule has 1 heterocycles. The lowest BCUT2D eigenvalue weighted by atomic mass is 9.73. The highest BCUT2D eigenvalue weighted by Crippen LogP contribution is 2.34. The van der Waals surface area contributed by atoms with Crippen molar-refractivity contribution in [2.75, 3.05) is 19.6 Å². The molecule has 0 radical (unpaired) electrons. The van der Waals surface area contributed by atoms with Gasteiger partial charge in [-0.3, -0.25) is 4.79 Å². The Bertz CT molecular complexity index is 253. The second-order valence-corrected chi connectivity index (χ2v) is 6.10. The molecule has 1 amide bonds. The number of carbonyl (C=O) groups excluding carboxylic acids is 1. The summed E-state index contributed by atoms with van der Waals surface area (Å²) in [5, 5.41) is 3.38. The number of hydrogen-bond donors (Lipinski definition) is 1. The Labute approximate surface area is 106 Å². The Balaban J connectivity index is 2.63. The fourth-order valence-corrected chi connectivity index (χ4v) is 2.65. The lowest BCUT2D eigenvalue weighted by molar-refractivity contribution is -0.134. The number of nitrogens with one attached hydrogen (secondary N) is 1. The lowest BCUT2D eigenvalue weighted by Crippen LogP contribution is -2.51. The predicted molar refractivity (Wildman–Crippen MR) is 71.9 cm³/mol. The van der Waals surface area contributed by atoms with E-state index in [0.29, 0.717) is 11.3 Å². The van der Waals surface area contributed by atoms with Gasteiger partial charge in [0, 0.05) is 13.1 Å². The van der Waals surface area contributed by atoms with E-state index in [2.05, 4.69) is 26.1 Å². The third-order valence-electron chi connectivity index (χ3n) is 4.00. The normalized spacial score (nSPS) is 25.7. The third kappa shape index (κ3) is 3.70. The van der Waals surface area contributed by atoms with Crippen LogP contribution in [0.15, 0.2) is 0 Å². The predicted octanol–water partition coefficient (Wildman–Crippen LogP) is 2.27. The monoisotopic (exact) mass is 240 g/mol. The van der Waals surface area contributed by atoms with Gasteiger partial charge < -0.3 is 10.2 Å². The lowest BCUT2D eigenvalue weighted by Gasteiger charge is -2.39. The molecule has 0 bridgehead atoms. The van der Waals surface area contributed by atoms with Crippen molar-refractivity contribution in [3.05, 3.63) is 0 Å². The molecule has 0 aliphatic carbocycles. The maximum Gasteiger partial charge on any atom is 0.239 e. The van der Waals surface area contributed by atoms with Crippen LogP contribution in [0, 0.1) is 11.3 Å². The van der Waals surface area contributed by atoms with E-state index >= 15 is 0 Å². The van der Waals surface area contributed by atoms with Crippen molar-refractivity contribution in [3.63, 3.8) is 0 Å². The molecule has 17 heavy (non-hydrogen) atoms. The van der Waals surface area contributed by atoms with Crippen LogP contribution in [0.5, 0.6) is 0 Å². The van der Waals surface area contributed by atoms with Gasteiger partial charge in [0.15, 0.2) is 0 Å². The molecule has 2 unspecified atom stereocenters. The quantitative estimate of drug-likeness (QED) is 0.821. The van der Waals surface area contributed by atoms with E-state index < -0.39 is 0 Å². The van der Waals surface area contributed by atoms with Gasteiger partial charge in [-0.2, -0.15) is 0 Å². The van der Waals surface area contributed by atoms with Gasteiger partial charge in [-0.1, -0.05) is 20.8 Å². The number of rotatable bonds is 3. The molecule has 1 fully saturated rings. The Hall–Kier alpha value is -0.570. The van der Waals surface area contributed by atoms with Crippen molar-refractivity contribution in [3.8, 4) is 0 Å². The first-order valence-electron chi connectivity index (χ1n) is 6.92. The van der Waals surface area contributed by atoms with Gasteiger partial charge in [0.2, 0.25) is 5.91 Å². The van der Waals surface area contributed by atoms with Crippen molar-refractivity contribution in [1.82, 2.24) is 10.2 Å². The number of hydrogen-bond acceptors (Lipinski definition) is 2. The van der Waals surface area contributed by atoms with E-state index in [1.165, 1.54) is 6.42 Å². The summed E-state index contributed by atoms with van der Waals surface area (Å²) in [6, 6.07) is 0.0351. The SMILES string of the molecule is CCN(CC)C(=O)C1CC(C(C)(C)C)CCN1. The Morgan fingerprint density at radius 3 is 2.35 bits per heavy atom. The molecule has 3 heteroatoms. The molecule has 0 aromatic carbocycles. The van der Waals surface area contributed by atoms with Crippen LogP contribution in [0.25, 0.3) is 0 Å². The van der Waals surface area contributed by atoms with Gasteiger partial charge in [-0.05, 0) is 44.6 Å². The summed E-state index contributed by atoms with van der Waals surface area (Å²) in [6.45, 7) is 13.5. The Morgan fingerprint density at radius 2 is 1.88 bits per heavy atom. The van der Waals surface area contributed by atoms with E-state index in [1.54, 1.807) is 0 Å². The molecule has 1 saturated heterocycles. The van der Waals surface area contributed by atoms with Crippen molar-refractivity contribution in [1.29, 1.82) is 0 Å². The average Bonchev–Trinajstić information content (AvgIpc) is 2.29. The average molecular weight is 240 g/mol. The number of piperidine rings is 1. The zero-order valence-corrected chi connectivity index (χ0v) is 12.0.